The Labute approximate surface area is 190 Å². The van der Waals surface area contributed by atoms with Crippen LogP contribution in [0.4, 0.5) is 17.6 Å². The Morgan fingerprint density at radius 1 is 1.00 bits per heavy atom. The van der Waals surface area contributed by atoms with E-state index in [1.807, 2.05) is 0 Å². The van der Waals surface area contributed by atoms with Gasteiger partial charge in [0.05, 0.1) is 0 Å². The van der Waals surface area contributed by atoms with E-state index in [4.69, 9.17) is 0 Å². The molecule has 2 aliphatic rings. The van der Waals surface area contributed by atoms with Crippen LogP contribution in [0.2, 0.25) is 0 Å². The molecule has 0 spiro atoms. The van der Waals surface area contributed by atoms with Crippen molar-refractivity contribution in [3.8, 4) is 5.75 Å². The quantitative estimate of drug-likeness (QED) is 0.281. The summed E-state index contributed by atoms with van der Waals surface area (Å²) in [6.07, 6.45) is 12.4. The van der Waals surface area contributed by atoms with E-state index in [0.29, 0.717) is 17.9 Å². The minimum Gasteiger partial charge on any atom is -0.403 e. The van der Waals surface area contributed by atoms with Crippen molar-refractivity contribution < 1.29 is 22.3 Å². The summed E-state index contributed by atoms with van der Waals surface area (Å²) in [5.74, 6) is 1.71. The summed E-state index contributed by atoms with van der Waals surface area (Å²) in [5, 5.41) is 0. The topological polar surface area (TPSA) is 9.23 Å². The normalized spacial score (nSPS) is 27.4. The zero-order chi connectivity index (χ0) is 23.1. The molecule has 0 unspecified atom stereocenters. The summed E-state index contributed by atoms with van der Waals surface area (Å²) in [6, 6.07) is 3.71. The highest BCUT2D eigenvalue weighted by molar-refractivity contribution is 5.30. The second kappa shape index (κ2) is 11.6. The SMILES string of the molecule is CCCC1CCC(C2CCC(C(C)=CCCc3ccc(OC(F)(F)F)c(F)c3)CC2)CC1. The number of ether oxygens (including phenoxy) is 1. The molecule has 2 fully saturated rings. The average Bonchev–Trinajstić information content (AvgIpc) is 2.76. The van der Waals surface area contributed by atoms with Crippen molar-refractivity contribution in [2.45, 2.75) is 97.3 Å². The highest BCUT2D eigenvalue weighted by atomic mass is 19.4. The van der Waals surface area contributed by atoms with Crippen LogP contribution in [0.1, 0.15) is 90.0 Å². The Morgan fingerprint density at radius 3 is 2.19 bits per heavy atom. The first-order valence-corrected chi connectivity index (χ1v) is 12.5. The van der Waals surface area contributed by atoms with Crippen LogP contribution in [0.3, 0.4) is 0 Å². The molecule has 0 aromatic heterocycles. The van der Waals surface area contributed by atoms with E-state index in [9.17, 15) is 17.6 Å². The van der Waals surface area contributed by atoms with Gasteiger partial charge in [0, 0.05) is 0 Å². The van der Waals surface area contributed by atoms with Crippen molar-refractivity contribution in [1.29, 1.82) is 0 Å². The van der Waals surface area contributed by atoms with Crippen LogP contribution >= 0.6 is 0 Å². The van der Waals surface area contributed by atoms with Crippen LogP contribution in [0, 0.1) is 29.5 Å². The molecule has 0 saturated heterocycles. The lowest BCUT2D eigenvalue weighted by molar-refractivity contribution is -0.275. The molecular weight excluding hydrogens is 416 g/mol. The summed E-state index contributed by atoms with van der Waals surface area (Å²) >= 11 is 0. The number of hydrogen-bond donors (Lipinski definition) is 0. The number of alkyl halides is 3. The molecule has 0 heterocycles. The largest absolute Gasteiger partial charge is 0.573 e. The standard InChI is InChI=1S/C27H38F4O/c1-3-5-20-8-11-23(12-9-20)24-15-13-22(14-16-24)19(2)6-4-7-21-10-17-26(25(28)18-21)32-27(29,30)31/h6,10,17-18,20,22-24H,3-5,7-9,11-16H2,1-2H3. The maximum atomic E-state index is 13.9. The Kier molecular flexibility index (Phi) is 9.07. The fraction of sp³-hybridized carbons (Fsp3) is 0.704. The molecule has 2 saturated carbocycles. The van der Waals surface area contributed by atoms with Gasteiger partial charge in [0.1, 0.15) is 0 Å². The lowest BCUT2D eigenvalue weighted by Crippen LogP contribution is -2.26. The molecule has 180 valence electrons. The second-order valence-corrected chi connectivity index (χ2v) is 9.98. The highest BCUT2D eigenvalue weighted by Gasteiger charge is 2.32. The Hall–Kier alpha value is -1.52. The van der Waals surface area contributed by atoms with E-state index in [1.54, 1.807) is 0 Å². The molecule has 0 radical (unpaired) electrons. The molecule has 3 rings (SSSR count). The van der Waals surface area contributed by atoms with E-state index in [1.165, 1.54) is 75.8 Å². The minimum atomic E-state index is -4.88. The molecule has 0 N–H and O–H groups in total. The third-order valence-electron chi connectivity index (χ3n) is 7.79. The van der Waals surface area contributed by atoms with Crippen LogP contribution in [0.5, 0.6) is 5.75 Å². The molecule has 0 aliphatic heterocycles. The van der Waals surface area contributed by atoms with E-state index in [0.717, 1.165) is 36.3 Å². The maximum absolute atomic E-state index is 13.9. The molecule has 0 bridgehead atoms. The Morgan fingerprint density at radius 2 is 1.62 bits per heavy atom. The van der Waals surface area contributed by atoms with Crippen molar-refractivity contribution >= 4 is 0 Å². The summed E-state index contributed by atoms with van der Waals surface area (Å²) in [7, 11) is 0. The summed E-state index contributed by atoms with van der Waals surface area (Å²) in [6.45, 7) is 4.49. The molecular formula is C27H38F4O. The summed E-state index contributed by atoms with van der Waals surface area (Å²) < 4.78 is 54.4. The molecule has 1 nitrogen and oxygen atoms in total. The van der Waals surface area contributed by atoms with Gasteiger partial charge in [0.2, 0.25) is 0 Å². The van der Waals surface area contributed by atoms with Gasteiger partial charge in [0.15, 0.2) is 11.6 Å². The molecule has 0 atom stereocenters. The Balaban J connectivity index is 1.41. The number of aryl methyl sites for hydroxylation is 1. The van der Waals surface area contributed by atoms with Crippen LogP contribution in [0.15, 0.2) is 29.8 Å². The minimum absolute atomic E-state index is 0.608. The van der Waals surface area contributed by atoms with Gasteiger partial charge in [-0.2, -0.15) is 0 Å². The number of rotatable bonds is 8. The van der Waals surface area contributed by atoms with Crippen molar-refractivity contribution in [3.05, 3.63) is 41.2 Å². The number of hydrogen-bond acceptors (Lipinski definition) is 1. The summed E-state index contributed by atoms with van der Waals surface area (Å²) in [4.78, 5) is 0. The van der Waals surface area contributed by atoms with Crippen molar-refractivity contribution in [2.75, 3.05) is 0 Å². The van der Waals surface area contributed by atoms with Crippen LogP contribution in [-0.2, 0) is 6.42 Å². The lowest BCUT2D eigenvalue weighted by atomic mass is 9.68. The maximum Gasteiger partial charge on any atom is 0.573 e. The predicted molar refractivity (Wildman–Crippen MR) is 121 cm³/mol. The lowest BCUT2D eigenvalue weighted by Gasteiger charge is -2.38. The van der Waals surface area contributed by atoms with Gasteiger partial charge in [-0.3, -0.25) is 0 Å². The second-order valence-electron chi connectivity index (χ2n) is 9.98. The molecule has 1 aromatic carbocycles. The summed E-state index contributed by atoms with van der Waals surface area (Å²) in [5.41, 5.74) is 2.09. The van der Waals surface area contributed by atoms with Crippen molar-refractivity contribution in [1.82, 2.24) is 0 Å². The monoisotopic (exact) mass is 454 g/mol. The first kappa shape index (κ1) is 25.1. The first-order chi connectivity index (χ1) is 15.2. The van der Waals surface area contributed by atoms with Gasteiger partial charge in [-0.25, -0.2) is 4.39 Å². The first-order valence-electron chi connectivity index (χ1n) is 12.5. The van der Waals surface area contributed by atoms with Gasteiger partial charge in [0.25, 0.3) is 0 Å². The molecule has 32 heavy (non-hydrogen) atoms. The fourth-order valence-electron chi connectivity index (χ4n) is 5.94. The highest BCUT2D eigenvalue weighted by Crippen LogP contribution is 2.43. The number of benzene rings is 1. The van der Waals surface area contributed by atoms with Crippen LogP contribution in [-0.4, -0.2) is 6.36 Å². The average molecular weight is 455 g/mol. The third-order valence-corrected chi connectivity index (χ3v) is 7.79. The zero-order valence-corrected chi connectivity index (χ0v) is 19.5. The number of allylic oxidation sites excluding steroid dienone is 2. The van der Waals surface area contributed by atoms with Gasteiger partial charge >= 0.3 is 6.36 Å². The number of halogens is 4. The molecule has 0 amide bonds. The van der Waals surface area contributed by atoms with Gasteiger partial charge in [-0.05, 0) is 99.7 Å². The van der Waals surface area contributed by atoms with E-state index < -0.39 is 17.9 Å². The van der Waals surface area contributed by atoms with E-state index in [2.05, 4.69) is 24.7 Å². The van der Waals surface area contributed by atoms with E-state index in [-0.39, 0.29) is 0 Å². The van der Waals surface area contributed by atoms with Gasteiger partial charge in [-0.1, -0.05) is 50.3 Å². The smallest absolute Gasteiger partial charge is 0.403 e. The van der Waals surface area contributed by atoms with E-state index >= 15 is 0 Å². The third kappa shape index (κ3) is 7.52. The van der Waals surface area contributed by atoms with Crippen molar-refractivity contribution in [2.24, 2.45) is 23.7 Å². The van der Waals surface area contributed by atoms with Crippen LogP contribution < -0.4 is 4.74 Å². The zero-order valence-electron chi connectivity index (χ0n) is 19.5. The predicted octanol–water partition coefficient (Wildman–Crippen LogP) is 9.02. The van der Waals surface area contributed by atoms with Gasteiger partial charge in [-0.15, -0.1) is 13.2 Å². The molecule has 5 heteroatoms. The Bertz CT molecular complexity index is 739. The fourth-order valence-corrected chi connectivity index (χ4v) is 5.94. The van der Waals surface area contributed by atoms with Crippen molar-refractivity contribution in [3.63, 3.8) is 0 Å². The van der Waals surface area contributed by atoms with Crippen LogP contribution in [0.25, 0.3) is 0 Å². The van der Waals surface area contributed by atoms with Gasteiger partial charge < -0.3 is 4.74 Å². The molecule has 2 aliphatic carbocycles. The molecule has 1 aromatic rings.